The first-order chi connectivity index (χ1) is 9.85. The zero-order chi connectivity index (χ0) is 15.7. The maximum atomic E-state index is 14.1. The Hall–Kier alpha value is -2.38. The molecule has 0 aliphatic carbocycles. The van der Waals surface area contributed by atoms with Crippen LogP contribution >= 0.6 is 0 Å². The lowest BCUT2D eigenvalue weighted by atomic mass is 9.93. The van der Waals surface area contributed by atoms with Crippen LogP contribution in [-0.4, -0.2) is 48.8 Å². The van der Waals surface area contributed by atoms with Crippen molar-refractivity contribution in [2.45, 2.75) is 12.0 Å². The molecule has 1 heterocycles. The summed E-state index contributed by atoms with van der Waals surface area (Å²) in [5, 5.41) is 10.8. The highest BCUT2D eigenvalue weighted by molar-refractivity contribution is 5.88. The minimum absolute atomic E-state index is 0.00849. The van der Waals surface area contributed by atoms with Crippen LogP contribution in [0.1, 0.15) is 11.5 Å². The topological polar surface area (TPSA) is 78.9 Å². The number of hydrogen-bond acceptors (Lipinski definition) is 3. The smallest absolute Gasteiger partial charge is 0.405 e. The minimum Gasteiger partial charge on any atom is -0.497 e. The van der Waals surface area contributed by atoms with Crippen molar-refractivity contribution >= 4 is 12.0 Å². The molecule has 6 nitrogen and oxygen atoms in total. The molecule has 21 heavy (non-hydrogen) atoms. The van der Waals surface area contributed by atoms with E-state index in [1.54, 1.807) is 0 Å². The third-order valence-corrected chi connectivity index (χ3v) is 3.45. The summed E-state index contributed by atoms with van der Waals surface area (Å²) >= 11 is 0. The highest BCUT2D eigenvalue weighted by Gasteiger charge is 2.43. The molecule has 0 unspecified atom stereocenters. The maximum Gasteiger partial charge on any atom is 0.405 e. The molecule has 2 N–H and O–H groups in total. The number of benzene rings is 1. The number of ether oxygens (including phenoxy) is 1. The number of hydrogen-bond donors (Lipinski definition) is 2. The molecule has 0 radical (unpaired) electrons. The van der Waals surface area contributed by atoms with Gasteiger partial charge in [-0.05, 0) is 0 Å². The summed E-state index contributed by atoms with van der Waals surface area (Å²) in [5.74, 6) is -3.22. The van der Waals surface area contributed by atoms with Gasteiger partial charge in [0.25, 0.3) is 0 Å². The van der Waals surface area contributed by atoms with E-state index in [1.807, 2.05) is 5.32 Å². The highest BCUT2D eigenvalue weighted by Crippen LogP contribution is 2.33. The fourth-order valence-electron chi connectivity index (χ4n) is 2.49. The van der Waals surface area contributed by atoms with Gasteiger partial charge in [-0.3, -0.25) is 4.79 Å². The first kappa shape index (κ1) is 15.0. The minimum atomic E-state index is -1.43. The Morgan fingerprint density at radius 3 is 2.48 bits per heavy atom. The lowest BCUT2D eigenvalue weighted by Crippen LogP contribution is -2.42. The lowest BCUT2D eigenvalue weighted by Gasteiger charge is -2.18. The molecule has 1 saturated heterocycles. The van der Waals surface area contributed by atoms with Crippen LogP contribution < -0.4 is 10.1 Å². The molecule has 0 saturated carbocycles. The van der Waals surface area contributed by atoms with Gasteiger partial charge in [0.1, 0.15) is 23.4 Å². The summed E-state index contributed by atoms with van der Waals surface area (Å²) in [6.45, 7) is 0.0178. The third-order valence-electron chi connectivity index (χ3n) is 3.45. The highest BCUT2D eigenvalue weighted by atomic mass is 19.1. The van der Waals surface area contributed by atoms with Crippen LogP contribution in [0.5, 0.6) is 5.75 Å². The normalized spacial score (nSPS) is 21.5. The summed E-state index contributed by atoms with van der Waals surface area (Å²) in [6, 6.07) is 0.780. The second-order valence-corrected chi connectivity index (χ2v) is 4.76. The largest absolute Gasteiger partial charge is 0.497 e. The van der Waals surface area contributed by atoms with Crippen LogP contribution in [0.15, 0.2) is 12.1 Å². The molecule has 0 aromatic heterocycles. The summed E-state index contributed by atoms with van der Waals surface area (Å²) in [5.41, 5.74) is -0.327. The molecule has 0 bridgehead atoms. The first-order valence-corrected chi connectivity index (χ1v) is 6.12. The van der Waals surface area contributed by atoms with E-state index in [2.05, 4.69) is 0 Å². The Bertz CT molecular complexity index is 571. The number of methoxy groups -OCH3 is 1. The molecule has 2 rings (SSSR count). The monoisotopic (exact) mass is 300 g/mol. The second kappa shape index (κ2) is 5.55. The first-order valence-electron chi connectivity index (χ1n) is 6.12. The van der Waals surface area contributed by atoms with Crippen LogP contribution in [0.3, 0.4) is 0 Å². The molecule has 114 valence electrons. The Kier molecular flexibility index (Phi) is 3.97. The van der Waals surface area contributed by atoms with Crippen molar-refractivity contribution in [3.05, 3.63) is 29.3 Å². The SMILES string of the molecule is COc1cc(F)c([C@@H]2CN(C)C(=O)[C@H]2NC(=O)O)c(F)c1. The van der Waals surface area contributed by atoms with Crippen LogP contribution in [-0.2, 0) is 4.79 Å². The molecule has 8 heteroatoms. The molecular formula is C13H14F2N2O4. The second-order valence-electron chi connectivity index (χ2n) is 4.76. The average molecular weight is 300 g/mol. The Labute approximate surface area is 119 Å². The lowest BCUT2D eigenvalue weighted by molar-refractivity contribution is -0.128. The molecule has 1 aromatic rings. The zero-order valence-corrected chi connectivity index (χ0v) is 11.4. The van der Waals surface area contributed by atoms with Crippen LogP contribution in [0, 0.1) is 11.6 Å². The van der Waals surface area contributed by atoms with Gasteiger partial charge < -0.3 is 20.1 Å². The van der Waals surface area contributed by atoms with E-state index in [0.29, 0.717) is 0 Å². The molecule has 2 amide bonds. The van der Waals surface area contributed by atoms with Crippen LogP contribution in [0.25, 0.3) is 0 Å². The molecule has 1 fully saturated rings. The maximum absolute atomic E-state index is 14.1. The van der Waals surface area contributed by atoms with E-state index >= 15 is 0 Å². The summed E-state index contributed by atoms with van der Waals surface area (Å²) < 4.78 is 32.9. The molecule has 2 atom stereocenters. The van der Waals surface area contributed by atoms with Gasteiger partial charge in [0.05, 0.1) is 7.11 Å². The van der Waals surface area contributed by atoms with Crippen molar-refractivity contribution in [3.63, 3.8) is 0 Å². The van der Waals surface area contributed by atoms with Gasteiger partial charge in [-0.1, -0.05) is 0 Å². The summed E-state index contributed by atoms with van der Waals surface area (Å²) in [4.78, 5) is 23.9. The van der Waals surface area contributed by atoms with Crippen molar-refractivity contribution in [3.8, 4) is 5.75 Å². The molecule has 0 spiro atoms. The van der Waals surface area contributed by atoms with Gasteiger partial charge in [0.15, 0.2) is 0 Å². The Balaban J connectivity index is 2.44. The standard InChI is InChI=1S/C13H14F2N2O4/c1-17-5-7(11(12(17)18)16-13(19)20)10-8(14)3-6(21-2)4-9(10)15/h3-4,7,11,16H,5H2,1-2H3,(H,19,20)/t7-,11-/m0/s1. The molecular weight excluding hydrogens is 286 g/mol. The number of halogens is 2. The van der Waals surface area contributed by atoms with E-state index < -0.39 is 35.6 Å². The molecule has 1 aliphatic heterocycles. The van der Waals surface area contributed by atoms with E-state index in [0.717, 1.165) is 12.1 Å². The van der Waals surface area contributed by atoms with Crippen molar-refractivity contribution in [2.24, 2.45) is 0 Å². The number of rotatable bonds is 3. The van der Waals surface area contributed by atoms with E-state index in [9.17, 15) is 18.4 Å². The number of carbonyl (C=O) groups excluding carboxylic acids is 1. The zero-order valence-electron chi connectivity index (χ0n) is 11.4. The van der Waals surface area contributed by atoms with E-state index in [-0.39, 0.29) is 17.9 Å². The van der Waals surface area contributed by atoms with Gasteiger partial charge in [0.2, 0.25) is 5.91 Å². The predicted molar refractivity (Wildman–Crippen MR) is 68.2 cm³/mol. The average Bonchev–Trinajstić information content (AvgIpc) is 2.65. The third kappa shape index (κ3) is 2.74. The van der Waals surface area contributed by atoms with Crippen LogP contribution in [0.4, 0.5) is 13.6 Å². The van der Waals surface area contributed by atoms with E-state index in [1.165, 1.54) is 19.1 Å². The van der Waals surface area contributed by atoms with E-state index in [4.69, 9.17) is 9.84 Å². The van der Waals surface area contributed by atoms with Gasteiger partial charge in [-0.25, -0.2) is 13.6 Å². The fourth-order valence-corrected chi connectivity index (χ4v) is 2.49. The Morgan fingerprint density at radius 1 is 1.43 bits per heavy atom. The number of likely N-dealkylation sites (N-methyl/N-ethyl adjacent to an activating group) is 1. The number of amides is 2. The summed E-state index contributed by atoms with van der Waals surface area (Å²) in [6.07, 6.45) is -1.43. The van der Waals surface area contributed by atoms with Crippen LogP contribution in [0.2, 0.25) is 0 Å². The predicted octanol–water partition coefficient (Wildman–Crippen LogP) is 1.17. The van der Waals surface area contributed by atoms with Gasteiger partial charge in [0, 0.05) is 37.2 Å². The number of carboxylic acid groups (broad SMARTS) is 1. The quantitative estimate of drug-likeness (QED) is 0.878. The van der Waals surface area contributed by atoms with Crippen molar-refractivity contribution in [1.82, 2.24) is 10.2 Å². The van der Waals surface area contributed by atoms with Gasteiger partial charge in [-0.2, -0.15) is 0 Å². The van der Waals surface area contributed by atoms with Gasteiger partial charge in [-0.15, -0.1) is 0 Å². The van der Waals surface area contributed by atoms with Gasteiger partial charge >= 0.3 is 6.09 Å². The number of nitrogens with zero attached hydrogens (tertiary/aromatic N) is 1. The number of likely N-dealkylation sites (tertiary alicyclic amines) is 1. The molecule has 1 aliphatic rings. The van der Waals surface area contributed by atoms with Crippen molar-refractivity contribution in [1.29, 1.82) is 0 Å². The number of carbonyl (C=O) groups is 2. The molecule has 1 aromatic carbocycles. The Morgan fingerprint density at radius 2 is 2.00 bits per heavy atom. The van der Waals surface area contributed by atoms with Crippen molar-refractivity contribution in [2.75, 3.05) is 20.7 Å². The van der Waals surface area contributed by atoms with Crippen molar-refractivity contribution < 1.29 is 28.2 Å². The fraction of sp³-hybridized carbons (Fsp3) is 0.385. The number of nitrogens with one attached hydrogen (secondary N) is 1. The summed E-state index contributed by atoms with van der Waals surface area (Å²) in [7, 11) is 2.72.